The highest BCUT2D eigenvalue weighted by Crippen LogP contribution is 2.42. The standard InChI is InChI=1S/C13H10N2O6/c1-7(5-14)13(21-8(2)16)9-3-11-12(20-6-19-11)4-10(9)15(17)18/h3-4,13H,1,6H2,2H3. The molecule has 0 fully saturated rings. The SMILES string of the molecule is C=C(C#N)C(OC(C)=O)c1cc2c(cc1[N+](=O)[O-])OCO2. The van der Waals surface area contributed by atoms with Crippen LogP contribution in [0, 0.1) is 21.4 Å². The Morgan fingerprint density at radius 1 is 1.52 bits per heavy atom. The van der Waals surface area contributed by atoms with Gasteiger partial charge in [-0.2, -0.15) is 5.26 Å². The minimum Gasteiger partial charge on any atom is -0.454 e. The van der Waals surface area contributed by atoms with Gasteiger partial charge in [0.2, 0.25) is 6.79 Å². The number of nitro benzene ring substituents is 1. The zero-order valence-electron chi connectivity index (χ0n) is 11.0. The Morgan fingerprint density at radius 2 is 2.14 bits per heavy atom. The molecule has 0 saturated carbocycles. The number of ether oxygens (including phenoxy) is 3. The van der Waals surface area contributed by atoms with Gasteiger partial charge in [0.05, 0.1) is 28.2 Å². The zero-order chi connectivity index (χ0) is 15.6. The maximum Gasteiger partial charge on any atom is 0.303 e. The van der Waals surface area contributed by atoms with Gasteiger partial charge in [0.1, 0.15) is 0 Å². The van der Waals surface area contributed by atoms with Gasteiger partial charge in [-0.3, -0.25) is 14.9 Å². The van der Waals surface area contributed by atoms with Crippen molar-refractivity contribution in [3.8, 4) is 17.6 Å². The third-order valence-electron chi connectivity index (χ3n) is 2.74. The summed E-state index contributed by atoms with van der Waals surface area (Å²) in [5.41, 5.74) is -0.472. The topological polar surface area (TPSA) is 112 Å². The van der Waals surface area contributed by atoms with Crippen LogP contribution in [0.25, 0.3) is 0 Å². The Balaban J connectivity index is 2.58. The monoisotopic (exact) mass is 290 g/mol. The number of benzene rings is 1. The van der Waals surface area contributed by atoms with E-state index in [0.717, 1.165) is 6.92 Å². The molecule has 0 saturated heterocycles. The van der Waals surface area contributed by atoms with Gasteiger partial charge in [0, 0.05) is 6.92 Å². The molecule has 0 radical (unpaired) electrons. The van der Waals surface area contributed by atoms with Gasteiger partial charge in [-0.15, -0.1) is 0 Å². The maximum absolute atomic E-state index is 11.2. The maximum atomic E-state index is 11.2. The van der Waals surface area contributed by atoms with Gasteiger partial charge in [-0.1, -0.05) is 6.58 Å². The highest BCUT2D eigenvalue weighted by molar-refractivity contribution is 5.68. The van der Waals surface area contributed by atoms with Gasteiger partial charge < -0.3 is 14.2 Å². The van der Waals surface area contributed by atoms with Crippen LogP contribution in [0.15, 0.2) is 24.3 Å². The van der Waals surface area contributed by atoms with Gasteiger partial charge in [-0.25, -0.2) is 0 Å². The molecule has 0 bridgehead atoms. The lowest BCUT2D eigenvalue weighted by Crippen LogP contribution is -2.12. The largest absolute Gasteiger partial charge is 0.454 e. The number of carbonyl (C=O) groups is 1. The minimum atomic E-state index is -1.25. The van der Waals surface area contributed by atoms with Crippen LogP contribution in [0.3, 0.4) is 0 Å². The Morgan fingerprint density at radius 3 is 2.67 bits per heavy atom. The van der Waals surface area contributed by atoms with Crippen LogP contribution in [0.4, 0.5) is 5.69 Å². The first-order chi connectivity index (χ1) is 9.93. The molecule has 0 amide bonds. The predicted octanol–water partition coefficient (Wildman–Crippen LogP) is 2.01. The fourth-order valence-electron chi connectivity index (χ4n) is 1.86. The van der Waals surface area contributed by atoms with Crippen molar-refractivity contribution in [1.29, 1.82) is 5.26 Å². The molecule has 2 rings (SSSR count). The first-order valence-electron chi connectivity index (χ1n) is 5.78. The molecule has 8 nitrogen and oxygen atoms in total. The molecule has 1 aliphatic rings. The summed E-state index contributed by atoms with van der Waals surface area (Å²) >= 11 is 0. The lowest BCUT2D eigenvalue weighted by molar-refractivity contribution is -0.386. The van der Waals surface area contributed by atoms with Crippen molar-refractivity contribution in [2.75, 3.05) is 6.79 Å². The van der Waals surface area contributed by atoms with Crippen molar-refractivity contribution < 1.29 is 23.9 Å². The van der Waals surface area contributed by atoms with E-state index in [1.54, 1.807) is 6.07 Å². The van der Waals surface area contributed by atoms with Crippen molar-refractivity contribution in [1.82, 2.24) is 0 Å². The molecule has 0 N–H and O–H groups in total. The Kier molecular flexibility index (Phi) is 3.75. The Labute approximate surface area is 119 Å². The van der Waals surface area contributed by atoms with E-state index in [1.165, 1.54) is 12.1 Å². The van der Waals surface area contributed by atoms with Crippen LogP contribution in [-0.4, -0.2) is 17.7 Å². The highest BCUT2D eigenvalue weighted by atomic mass is 16.7. The zero-order valence-corrected chi connectivity index (χ0v) is 11.0. The van der Waals surface area contributed by atoms with Gasteiger partial charge in [-0.05, 0) is 6.07 Å². The predicted molar refractivity (Wildman–Crippen MR) is 68.5 cm³/mol. The van der Waals surface area contributed by atoms with Crippen molar-refractivity contribution >= 4 is 11.7 Å². The summed E-state index contributed by atoms with van der Waals surface area (Å²) in [5, 5.41) is 20.1. The number of carbonyl (C=O) groups excluding carboxylic acids is 1. The molecule has 1 unspecified atom stereocenters. The molecule has 1 aromatic carbocycles. The quantitative estimate of drug-likeness (QED) is 0.361. The second-order valence-corrected chi connectivity index (χ2v) is 4.15. The lowest BCUT2D eigenvalue weighted by atomic mass is 10.0. The molecule has 1 aliphatic heterocycles. The van der Waals surface area contributed by atoms with E-state index >= 15 is 0 Å². The summed E-state index contributed by atoms with van der Waals surface area (Å²) in [6.45, 7) is 4.54. The van der Waals surface area contributed by atoms with Crippen LogP contribution in [-0.2, 0) is 9.53 Å². The molecule has 8 heteroatoms. The van der Waals surface area contributed by atoms with E-state index in [0.29, 0.717) is 0 Å². The Bertz CT molecular complexity index is 676. The number of rotatable bonds is 4. The summed E-state index contributed by atoms with van der Waals surface area (Å²) in [7, 11) is 0. The molecule has 1 atom stereocenters. The normalized spacial score (nSPS) is 13.1. The minimum absolute atomic E-state index is 0.00556. The molecule has 21 heavy (non-hydrogen) atoms. The van der Waals surface area contributed by atoms with Gasteiger partial charge in [0.25, 0.3) is 5.69 Å². The smallest absolute Gasteiger partial charge is 0.303 e. The van der Waals surface area contributed by atoms with Crippen LogP contribution >= 0.6 is 0 Å². The summed E-state index contributed by atoms with van der Waals surface area (Å²) in [6.07, 6.45) is -1.25. The number of hydrogen-bond acceptors (Lipinski definition) is 7. The second-order valence-electron chi connectivity index (χ2n) is 4.15. The number of esters is 1. The van der Waals surface area contributed by atoms with E-state index in [4.69, 9.17) is 19.5 Å². The Hall–Kier alpha value is -3.08. The van der Waals surface area contributed by atoms with Crippen LogP contribution in [0.1, 0.15) is 18.6 Å². The van der Waals surface area contributed by atoms with Crippen molar-refractivity contribution in [3.05, 3.63) is 40.0 Å². The summed E-state index contributed by atoms with van der Waals surface area (Å²) in [4.78, 5) is 21.7. The average molecular weight is 290 g/mol. The number of hydrogen-bond donors (Lipinski definition) is 0. The number of nitriles is 1. The molecule has 0 aliphatic carbocycles. The first kappa shape index (κ1) is 14.3. The summed E-state index contributed by atoms with van der Waals surface area (Å²) in [6, 6.07) is 4.22. The molecule has 1 aromatic rings. The second kappa shape index (κ2) is 5.50. The number of nitrogens with zero attached hydrogens (tertiary/aromatic N) is 2. The number of fused-ring (bicyclic) bond motifs is 1. The third kappa shape index (κ3) is 2.76. The number of nitro groups is 1. The fourth-order valence-corrected chi connectivity index (χ4v) is 1.86. The van der Waals surface area contributed by atoms with Crippen LogP contribution in [0.5, 0.6) is 11.5 Å². The third-order valence-corrected chi connectivity index (χ3v) is 2.74. The summed E-state index contributed by atoms with van der Waals surface area (Å²) in [5.74, 6) is -0.198. The molecular formula is C13H10N2O6. The highest BCUT2D eigenvalue weighted by Gasteiger charge is 2.31. The van der Waals surface area contributed by atoms with Gasteiger partial charge >= 0.3 is 5.97 Å². The van der Waals surface area contributed by atoms with E-state index in [2.05, 4.69) is 6.58 Å². The summed E-state index contributed by atoms with van der Waals surface area (Å²) < 4.78 is 15.2. The van der Waals surface area contributed by atoms with Crippen molar-refractivity contribution in [3.63, 3.8) is 0 Å². The molecule has 0 aromatic heterocycles. The van der Waals surface area contributed by atoms with E-state index < -0.39 is 17.0 Å². The molecular weight excluding hydrogens is 280 g/mol. The van der Waals surface area contributed by atoms with E-state index in [1.807, 2.05) is 0 Å². The molecule has 108 valence electrons. The van der Waals surface area contributed by atoms with E-state index in [-0.39, 0.29) is 35.1 Å². The average Bonchev–Trinajstić information content (AvgIpc) is 2.89. The van der Waals surface area contributed by atoms with Crippen LogP contribution < -0.4 is 9.47 Å². The van der Waals surface area contributed by atoms with Crippen molar-refractivity contribution in [2.45, 2.75) is 13.0 Å². The van der Waals surface area contributed by atoms with Gasteiger partial charge in [0.15, 0.2) is 17.6 Å². The first-order valence-corrected chi connectivity index (χ1v) is 5.78. The molecule has 0 spiro atoms. The van der Waals surface area contributed by atoms with Crippen molar-refractivity contribution in [2.24, 2.45) is 0 Å². The van der Waals surface area contributed by atoms with Crippen LogP contribution in [0.2, 0.25) is 0 Å². The lowest BCUT2D eigenvalue weighted by Gasteiger charge is -2.16. The molecule has 1 heterocycles. The fraction of sp³-hybridized carbons (Fsp3) is 0.231. The van der Waals surface area contributed by atoms with E-state index in [9.17, 15) is 14.9 Å².